The molecule has 0 radical (unpaired) electrons. The number of pyridine rings is 1. The number of hydrogen-bond donors (Lipinski definition) is 0. The van der Waals surface area contributed by atoms with Gasteiger partial charge in [-0.05, 0) is 37.5 Å². The highest BCUT2D eigenvalue weighted by Crippen LogP contribution is 2.24. The summed E-state index contributed by atoms with van der Waals surface area (Å²) in [6.45, 7) is 5.96. The Hall–Kier alpha value is -2.14. The van der Waals surface area contributed by atoms with Crippen molar-refractivity contribution < 1.29 is 9.53 Å². The lowest BCUT2D eigenvalue weighted by atomic mass is 10.1. The van der Waals surface area contributed by atoms with Crippen LogP contribution < -0.4 is 4.90 Å². The minimum Gasteiger partial charge on any atom is -0.368 e. The first-order chi connectivity index (χ1) is 11.7. The topological polar surface area (TPSA) is 45.7 Å². The van der Waals surface area contributed by atoms with Gasteiger partial charge < -0.3 is 14.5 Å². The molecule has 126 valence electrons. The van der Waals surface area contributed by atoms with E-state index < -0.39 is 0 Å². The summed E-state index contributed by atoms with van der Waals surface area (Å²) in [7, 11) is 0. The van der Waals surface area contributed by atoms with Gasteiger partial charge in [0.1, 0.15) is 11.9 Å². The van der Waals surface area contributed by atoms with E-state index in [1.165, 1.54) is 10.9 Å². The normalized spacial score (nSPS) is 21.5. The smallest absolute Gasteiger partial charge is 0.251 e. The maximum atomic E-state index is 12.5. The Morgan fingerprint density at radius 3 is 2.75 bits per heavy atom. The number of para-hydroxylation sites is 1. The molecule has 0 bridgehead atoms. The minimum absolute atomic E-state index is 0.162. The molecule has 0 aliphatic carbocycles. The van der Waals surface area contributed by atoms with Gasteiger partial charge in [0.15, 0.2) is 0 Å². The zero-order chi connectivity index (χ0) is 16.5. The number of rotatable bonds is 2. The van der Waals surface area contributed by atoms with Crippen LogP contribution in [0.3, 0.4) is 0 Å². The molecule has 2 fully saturated rings. The van der Waals surface area contributed by atoms with Crippen LogP contribution >= 0.6 is 0 Å². The average Bonchev–Trinajstić information content (AvgIpc) is 3.15. The van der Waals surface area contributed by atoms with Crippen LogP contribution in [-0.2, 0) is 9.53 Å². The first-order valence-electron chi connectivity index (χ1n) is 8.74. The molecule has 2 aromatic rings. The maximum absolute atomic E-state index is 12.5. The third-order valence-corrected chi connectivity index (χ3v) is 4.98. The van der Waals surface area contributed by atoms with Crippen LogP contribution in [-0.4, -0.2) is 54.7 Å². The van der Waals surface area contributed by atoms with E-state index in [4.69, 9.17) is 9.72 Å². The van der Waals surface area contributed by atoms with Gasteiger partial charge in [-0.2, -0.15) is 0 Å². The van der Waals surface area contributed by atoms with Gasteiger partial charge in [0.2, 0.25) is 0 Å². The summed E-state index contributed by atoms with van der Waals surface area (Å²) >= 11 is 0. The fourth-order valence-electron chi connectivity index (χ4n) is 3.65. The number of hydrogen-bond acceptors (Lipinski definition) is 4. The fraction of sp³-hybridized carbons (Fsp3) is 0.474. The molecule has 2 aliphatic rings. The molecular formula is C19H23N3O2. The molecule has 1 aromatic carbocycles. The first-order valence-corrected chi connectivity index (χ1v) is 8.74. The Morgan fingerprint density at radius 2 is 2.00 bits per heavy atom. The van der Waals surface area contributed by atoms with Crippen molar-refractivity contribution in [2.45, 2.75) is 25.9 Å². The zero-order valence-electron chi connectivity index (χ0n) is 14.1. The van der Waals surface area contributed by atoms with Gasteiger partial charge in [0.25, 0.3) is 5.91 Å². The van der Waals surface area contributed by atoms with Crippen molar-refractivity contribution >= 4 is 22.6 Å². The van der Waals surface area contributed by atoms with Crippen molar-refractivity contribution in [3.05, 3.63) is 35.9 Å². The van der Waals surface area contributed by atoms with Gasteiger partial charge in [0.05, 0.1) is 5.52 Å². The molecule has 1 aromatic heterocycles. The second-order valence-corrected chi connectivity index (χ2v) is 6.64. The Balaban J connectivity index is 1.47. The van der Waals surface area contributed by atoms with E-state index in [-0.39, 0.29) is 12.0 Å². The van der Waals surface area contributed by atoms with Gasteiger partial charge in [-0.25, -0.2) is 4.98 Å². The van der Waals surface area contributed by atoms with E-state index in [0.29, 0.717) is 0 Å². The Labute approximate surface area is 142 Å². The van der Waals surface area contributed by atoms with Crippen LogP contribution in [0.1, 0.15) is 18.4 Å². The Morgan fingerprint density at radius 1 is 1.21 bits per heavy atom. The second kappa shape index (κ2) is 6.40. The van der Waals surface area contributed by atoms with Gasteiger partial charge in [-0.3, -0.25) is 4.79 Å². The number of nitrogens with zero attached hydrogens (tertiary/aromatic N) is 3. The number of ether oxygens (including phenoxy) is 1. The molecule has 2 saturated heterocycles. The van der Waals surface area contributed by atoms with Crippen LogP contribution in [0, 0.1) is 6.92 Å². The summed E-state index contributed by atoms with van der Waals surface area (Å²) in [6, 6.07) is 10.4. The van der Waals surface area contributed by atoms with Crippen molar-refractivity contribution in [2.24, 2.45) is 0 Å². The molecule has 1 amide bonds. The molecular weight excluding hydrogens is 302 g/mol. The highest BCUT2D eigenvalue weighted by atomic mass is 16.5. The van der Waals surface area contributed by atoms with Crippen LogP contribution in [0.25, 0.3) is 10.9 Å². The summed E-state index contributed by atoms with van der Waals surface area (Å²) in [5, 5.41) is 1.17. The molecule has 4 rings (SSSR count). The van der Waals surface area contributed by atoms with Crippen LogP contribution in [0.2, 0.25) is 0 Å². The van der Waals surface area contributed by atoms with E-state index in [9.17, 15) is 4.79 Å². The van der Waals surface area contributed by atoms with E-state index in [1.807, 2.05) is 17.0 Å². The second-order valence-electron chi connectivity index (χ2n) is 6.64. The fourth-order valence-corrected chi connectivity index (χ4v) is 3.65. The molecule has 24 heavy (non-hydrogen) atoms. The van der Waals surface area contributed by atoms with Crippen molar-refractivity contribution in [1.82, 2.24) is 9.88 Å². The standard InChI is InChI=1S/C19H23N3O2/c1-14-13-15-5-2-3-6-16(15)20-18(14)21-8-10-22(11-9-21)19(23)17-7-4-12-24-17/h2-3,5-6,13,17H,4,7-12H2,1H3. The summed E-state index contributed by atoms with van der Waals surface area (Å²) < 4.78 is 5.53. The molecule has 2 aliphatic heterocycles. The largest absolute Gasteiger partial charge is 0.368 e. The van der Waals surface area contributed by atoms with Gasteiger partial charge in [0, 0.05) is 38.2 Å². The van der Waals surface area contributed by atoms with E-state index in [0.717, 1.165) is 57.0 Å². The van der Waals surface area contributed by atoms with E-state index in [1.54, 1.807) is 0 Å². The number of aryl methyl sites for hydroxylation is 1. The Bertz CT molecular complexity index is 747. The molecule has 1 unspecified atom stereocenters. The molecule has 3 heterocycles. The van der Waals surface area contributed by atoms with Gasteiger partial charge >= 0.3 is 0 Å². The monoisotopic (exact) mass is 325 g/mol. The predicted molar refractivity (Wildman–Crippen MR) is 94.2 cm³/mol. The highest BCUT2D eigenvalue weighted by Gasteiger charge is 2.30. The van der Waals surface area contributed by atoms with E-state index >= 15 is 0 Å². The maximum Gasteiger partial charge on any atom is 0.251 e. The van der Waals surface area contributed by atoms with Crippen LogP contribution in [0.4, 0.5) is 5.82 Å². The quantitative estimate of drug-likeness (QED) is 0.850. The number of anilines is 1. The number of amides is 1. The number of piperazine rings is 1. The predicted octanol–water partition coefficient (Wildman–Crippen LogP) is 2.37. The zero-order valence-corrected chi connectivity index (χ0v) is 14.1. The summed E-state index contributed by atoms with van der Waals surface area (Å²) in [5.41, 5.74) is 2.21. The molecule has 5 nitrogen and oxygen atoms in total. The molecule has 5 heteroatoms. The van der Waals surface area contributed by atoms with Crippen molar-refractivity contribution in [1.29, 1.82) is 0 Å². The third-order valence-electron chi connectivity index (χ3n) is 4.98. The summed E-state index contributed by atoms with van der Waals surface area (Å²) in [4.78, 5) is 21.5. The lowest BCUT2D eigenvalue weighted by molar-refractivity contribution is -0.141. The summed E-state index contributed by atoms with van der Waals surface area (Å²) in [6.07, 6.45) is 1.65. The van der Waals surface area contributed by atoms with Crippen molar-refractivity contribution in [3.8, 4) is 0 Å². The third kappa shape index (κ3) is 2.84. The van der Waals surface area contributed by atoms with Crippen LogP contribution in [0.5, 0.6) is 0 Å². The number of carbonyl (C=O) groups excluding carboxylic acids is 1. The molecule has 0 spiro atoms. The van der Waals surface area contributed by atoms with Crippen molar-refractivity contribution in [3.63, 3.8) is 0 Å². The molecule has 0 N–H and O–H groups in total. The SMILES string of the molecule is Cc1cc2ccccc2nc1N1CCN(C(=O)C2CCCO2)CC1. The lowest BCUT2D eigenvalue weighted by Crippen LogP contribution is -2.51. The minimum atomic E-state index is -0.211. The summed E-state index contributed by atoms with van der Waals surface area (Å²) in [5.74, 6) is 1.20. The molecule has 1 atom stereocenters. The van der Waals surface area contributed by atoms with Gasteiger partial charge in [-0.15, -0.1) is 0 Å². The Kier molecular flexibility index (Phi) is 4.10. The number of fused-ring (bicyclic) bond motifs is 1. The lowest BCUT2D eigenvalue weighted by Gasteiger charge is -2.37. The first kappa shape index (κ1) is 15.4. The van der Waals surface area contributed by atoms with E-state index in [2.05, 4.69) is 30.0 Å². The van der Waals surface area contributed by atoms with Crippen molar-refractivity contribution in [2.75, 3.05) is 37.7 Å². The van der Waals surface area contributed by atoms with Crippen LogP contribution in [0.15, 0.2) is 30.3 Å². The highest BCUT2D eigenvalue weighted by molar-refractivity contribution is 5.82. The number of aromatic nitrogens is 1. The molecule has 0 saturated carbocycles. The number of carbonyl (C=O) groups is 1. The van der Waals surface area contributed by atoms with Gasteiger partial charge in [-0.1, -0.05) is 18.2 Å². The average molecular weight is 325 g/mol. The number of benzene rings is 1.